The van der Waals surface area contributed by atoms with Gasteiger partial charge in [-0.3, -0.25) is 4.98 Å². The van der Waals surface area contributed by atoms with Gasteiger partial charge in [0.15, 0.2) is 11.5 Å². The number of rotatable bonds is 8. The van der Waals surface area contributed by atoms with Crippen LogP contribution in [0.4, 0.5) is 17.6 Å². The Morgan fingerprint density at radius 3 is 2.26 bits per heavy atom. The highest BCUT2D eigenvalue weighted by Gasteiger charge is 2.35. The molecule has 1 heterocycles. The van der Waals surface area contributed by atoms with Crippen molar-refractivity contribution in [3.05, 3.63) is 80.8 Å². The topological polar surface area (TPSA) is 57.7 Å². The maximum absolute atomic E-state index is 14.4. The van der Waals surface area contributed by atoms with E-state index in [1.165, 1.54) is 38.7 Å². The van der Waals surface area contributed by atoms with Crippen molar-refractivity contribution in [3.8, 4) is 17.2 Å². The SMILES string of the molecule is COc1ccc(C(C=O)c2c(Cl)cncc2Cl)c(OCc2c(F)cccc2C(F)(F)F)c1OC. The number of hydrogen-bond acceptors (Lipinski definition) is 5. The summed E-state index contributed by atoms with van der Waals surface area (Å²) in [4.78, 5) is 16.0. The zero-order valence-electron chi connectivity index (χ0n) is 17.8. The molecule has 0 amide bonds. The lowest BCUT2D eigenvalue weighted by Gasteiger charge is -2.22. The average Bonchev–Trinajstić information content (AvgIpc) is 2.79. The van der Waals surface area contributed by atoms with Gasteiger partial charge in [-0.15, -0.1) is 0 Å². The Morgan fingerprint density at radius 2 is 1.71 bits per heavy atom. The monoisotopic (exact) mass is 517 g/mol. The first-order chi connectivity index (χ1) is 16.1. The Morgan fingerprint density at radius 1 is 1.03 bits per heavy atom. The Hall–Kier alpha value is -3.04. The number of alkyl halides is 3. The summed E-state index contributed by atoms with van der Waals surface area (Å²) in [6.07, 6.45) is -1.71. The van der Waals surface area contributed by atoms with Gasteiger partial charge in [0, 0.05) is 29.1 Å². The van der Waals surface area contributed by atoms with E-state index in [0.717, 1.165) is 18.2 Å². The number of carbonyl (C=O) groups excluding carboxylic acids is 1. The minimum atomic E-state index is -4.81. The third kappa shape index (κ3) is 5.05. The minimum Gasteiger partial charge on any atom is -0.493 e. The second-order valence-corrected chi connectivity index (χ2v) is 7.72. The molecule has 0 saturated carbocycles. The molecule has 1 atom stereocenters. The second kappa shape index (κ2) is 10.5. The summed E-state index contributed by atoms with van der Waals surface area (Å²) in [6, 6.07) is 5.52. The van der Waals surface area contributed by atoms with Gasteiger partial charge in [-0.1, -0.05) is 35.3 Å². The van der Waals surface area contributed by atoms with Gasteiger partial charge in [-0.25, -0.2) is 4.39 Å². The first-order valence-corrected chi connectivity index (χ1v) is 10.4. The Balaban J connectivity index is 2.17. The van der Waals surface area contributed by atoms with Gasteiger partial charge in [-0.2, -0.15) is 13.2 Å². The molecule has 0 bridgehead atoms. The summed E-state index contributed by atoms with van der Waals surface area (Å²) in [7, 11) is 2.62. The summed E-state index contributed by atoms with van der Waals surface area (Å²) in [5.74, 6) is -2.20. The standard InChI is InChI=1S/C23H17Cl2F4NO4/c1-32-19-7-6-12(13(10-31)20-16(24)8-30-9-17(20)25)21(22(19)33-2)34-11-14-15(23(27,28)29)4-3-5-18(14)26/h3-10,13H,11H2,1-2H3. The van der Waals surface area contributed by atoms with E-state index in [4.69, 9.17) is 37.4 Å². The molecule has 0 radical (unpaired) electrons. The first kappa shape index (κ1) is 25.6. The summed E-state index contributed by atoms with van der Waals surface area (Å²) < 4.78 is 71.0. The predicted octanol–water partition coefficient (Wildman–Crippen LogP) is 6.47. The molecule has 0 aliphatic heterocycles. The van der Waals surface area contributed by atoms with Crippen LogP contribution in [-0.2, 0) is 17.6 Å². The van der Waals surface area contributed by atoms with Gasteiger partial charge >= 0.3 is 6.18 Å². The van der Waals surface area contributed by atoms with E-state index in [1.54, 1.807) is 0 Å². The molecule has 180 valence electrons. The van der Waals surface area contributed by atoms with Gasteiger partial charge in [-0.05, 0) is 18.2 Å². The number of methoxy groups -OCH3 is 2. The van der Waals surface area contributed by atoms with E-state index in [9.17, 15) is 22.4 Å². The van der Waals surface area contributed by atoms with Crippen molar-refractivity contribution in [2.45, 2.75) is 18.7 Å². The molecular formula is C23H17Cl2F4NO4. The van der Waals surface area contributed by atoms with Crippen LogP contribution in [-0.4, -0.2) is 25.5 Å². The molecule has 0 aliphatic rings. The smallest absolute Gasteiger partial charge is 0.416 e. The van der Waals surface area contributed by atoms with Crippen LogP contribution in [0.2, 0.25) is 10.0 Å². The van der Waals surface area contributed by atoms with Crippen molar-refractivity contribution < 1.29 is 36.6 Å². The number of carbonyl (C=O) groups is 1. The van der Waals surface area contributed by atoms with Crippen LogP contribution in [0.5, 0.6) is 17.2 Å². The van der Waals surface area contributed by atoms with E-state index >= 15 is 0 Å². The third-order valence-corrected chi connectivity index (χ3v) is 5.59. The number of pyridine rings is 1. The summed E-state index contributed by atoms with van der Waals surface area (Å²) in [5.41, 5.74) is -1.55. The molecular weight excluding hydrogens is 501 g/mol. The average molecular weight is 518 g/mol. The van der Waals surface area contributed by atoms with Crippen molar-refractivity contribution in [1.82, 2.24) is 4.98 Å². The Bertz CT molecular complexity index is 1180. The first-order valence-electron chi connectivity index (χ1n) is 9.60. The highest BCUT2D eigenvalue weighted by atomic mass is 35.5. The maximum Gasteiger partial charge on any atom is 0.416 e. The van der Waals surface area contributed by atoms with Crippen LogP contribution in [0.3, 0.4) is 0 Å². The lowest BCUT2D eigenvalue weighted by molar-refractivity contribution is -0.138. The molecule has 34 heavy (non-hydrogen) atoms. The molecule has 5 nitrogen and oxygen atoms in total. The predicted molar refractivity (Wildman–Crippen MR) is 117 cm³/mol. The molecule has 0 spiro atoms. The molecule has 1 aromatic heterocycles. The van der Waals surface area contributed by atoms with Crippen molar-refractivity contribution in [2.75, 3.05) is 14.2 Å². The van der Waals surface area contributed by atoms with Crippen LogP contribution < -0.4 is 14.2 Å². The molecule has 3 rings (SSSR count). The lowest BCUT2D eigenvalue weighted by Crippen LogP contribution is -2.14. The number of halogens is 6. The van der Waals surface area contributed by atoms with Crippen molar-refractivity contribution in [3.63, 3.8) is 0 Å². The normalized spacial score (nSPS) is 12.2. The molecule has 1 unspecified atom stereocenters. The van der Waals surface area contributed by atoms with Crippen LogP contribution >= 0.6 is 23.2 Å². The van der Waals surface area contributed by atoms with E-state index < -0.39 is 35.6 Å². The number of aromatic nitrogens is 1. The van der Waals surface area contributed by atoms with Gasteiger partial charge in [0.25, 0.3) is 0 Å². The van der Waals surface area contributed by atoms with E-state index in [2.05, 4.69) is 4.98 Å². The molecule has 0 N–H and O–H groups in total. The summed E-state index contributed by atoms with van der Waals surface area (Å²) in [5, 5.41) is 0.164. The van der Waals surface area contributed by atoms with Crippen LogP contribution in [0, 0.1) is 5.82 Å². The largest absolute Gasteiger partial charge is 0.493 e. The van der Waals surface area contributed by atoms with Crippen molar-refractivity contribution in [1.29, 1.82) is 0 Å². The van der Waals surface area contributed by atoms with Gasteiger partial charge < -0.3 is 19.0 Å². The number of ether oxygens (including phenoxy) is 3. The fourth-order valence-corrected chi connectivity index (χ4v) is 4.04. The van der Waals surface area contributed by atoms with E-state index in [0.29, 0.717) is 6.29 Å². The molecule has 0 aliphatic carbocycles. The minimum absolute atomic E-state index is 0.0157. The number of benzene rings is 2. The van der Waals surface area contributed by atoms with Crippen molar-refractivity contribution in [2.24, 2.45) is 0 Å². The molecule has 2 aromatic carbocycles. The molecule has 0 saturated heterocycles. The van der Waals surface area contributed by atoms with Crippen molar-refractivity contribution >= 4 is 29.5 Å². The van der Waals surface area contributed by atoms with Gasteiger partial charge in [0.1, 0.15) is 18.7 Å². The van der Waals surface area contributed by atoms with Crippen LogP contribution in [0.25, 0.3) is 0 Å². The number of nitrogens with zero attached hydrogens (tertiary/aromatic N) is 1. The molecule has 11 heteroatoms. The zero-order valence-corrected chi connectivity index (χ0v) is 19.3. The maximum atomic E-state index is 14.4. The Labute approximate surface area is 202 Å². The summed E-state index contributed by atoms with van der Waals surface area (Å²) in [6.45, 7) is -0.818. The molecule has 0 fully saturated rings. The fourth-order valence-electron chi connectivity index (χ4n) is 3.44. The zero-order chi connectivity index (χ0) is 25.0. The fraction of sp³-hybridized carbons (Fsp3) is 0.217. The van der Waals surface area contributed by atoms with E-state index in [1.807, 2.05) is 0 Å². The second-order valence-electron chi connectivity index (χ2n) is 6.90. The van der Waals surface area contributed by atoms with Gasteiger partial charge in [0.05, 0.1) is 35.7 Å². The Kier molecular flexibility index (Phi) is 7.89. The van der Waals surface area contributed by atoms with Gasteiger partial charge in [0.2, 0.25) is 5.75 Å². The van der Waals surface area contributed by atoms with Crippen LogP contribution in [0.15, 0.2) is 42.7 Å². The number of aldehydes is 1. The highest BCUT2D eigenvalue weighted by molar-refractivity contribution is 6.36. The quantitative estimate of drug-likeness (QED) is 0.253. The third-order valence-electron chi connectivity index (χ3n) is 4.99. The number of hydrogen-bond donors (Lipinski definition) is 0. The molecule has 3 aromatic rings. The summed E-state index contributed by atoms with van der Waals surface area (Å²) >= 11 is 12.5. The highest BCUT2D eigenvalue weighted by Crippen LogP contribution is 2.46. The van der Waals surface area contributed by atoms with Crippen LogP contribution in [0.1, 0.15) is 28.2 Å². The lowest BCUT2D eigenvalue weighted by atomic mass is 9.92. The van der Waals surface area contributed by atoms with E-state index in [-0.39, 0.29) is 38.4 Å².